The quantitative estimate of drug-likeness (QED) is 0.387. The van der Waals surface area contributed by atoms with E-state index in [9.17, 15) is 0 Å². The van der Waals surface area contributed by atoms with Crippen molar-refractivity contribution in [3.63, 3.8) is 0 Å². The molecule has 1 aliphatic heterocycles. The number of aliphatic imine (C=N–C) groups is 1. The van der Waals surface area contributed by atoms with Gasteiger partial charge in [-0.3, -0.25) is 9.98 Å². The summed E-state index contributed by atoms with van der Waals surface area (Å²) >= 11 is 5.73. The minimum absolute atomic E-state index is 0.492. The normalized spacial score (nSPS) is 12.0. The predicted octanol–water partition coefficient (Wildman–Crippen LogP) is 3.64. The molecule has 0 bridgehead atoms. The molecule has 0 saturated heterocycles. The lowest BCUT2D eigenvalue weighted by molar-refractivity contribution is 1.02. The topological polar surface area (TPSA) is 120 Å². The highest BCUT2D eigenvalue weighted by Gasteiger charge is 2.10. The summed E-state index contributed by atoms with van der Waals surface area (Å²) in [5, 5.41) is 5.58. The van der Waals surface area contributed by atoms with E-state index in [0.717, 1.165) is 44.8 Å². The third kappa shape index (κ3) is 3.39. The molecule has 0 amide bonds. The first kappa shape index (κ1) is 17.3. The number of hydrogen-bond acceptors (Lipinski definition) is 7. The Hall–Kier alpha value is -3.85. The predicted molar refractivity (Wildman–Crippen MR) is 112 cm³/mol. The van der Waals surface area contributed by atoms with Crippen LogP contribution in [0.1, 0.15) is 11.3 Å². The number of aromatic amines is 2. The molecule has 142 valence electrons. The highest BCUT2D eigenvalue weighted by atomic mass is 35.5. The van der Waals surface area contributed by atoms with Gasteiger partial charge in [0.05, 0.1) is 34.9 Å². The van der Waals surface area contributed by atoms with Crippen molar-refractivity contribution < 1.29 is 0 Å². The van der Waals surface area contributed by atoms with Gasteiger partial charge in [-0.25, -0.2) is 19.9 Å². The number of halogens is 1. The van der Waals surface area contributed by atoms with Crippen LogP contribution in [0.25, 0.3) is 22.1 Å². The Morgan fingerprint density at radius 2 is 1.66 bits per heavy atom. The van der Waals surface area contributed by atoms with E-state index in [0.29, 0.717) is 11.7 Å². The molecule has 0 aliphatic carbocycles. The van der Waals surface area contributed by atoms with Crippen molar-refractivity contribution >= 4 is 51.4 Å². The van der Waals surface area contributed by atoms with E-state index in [2.05, 4.69) is 45.2 Å². The number of hydrogen-bond donors (Lipinski definition) is 3. The van der Waals surface area contributed by atoms with Gasteiger partial charge in [-0.05, 0) is 18.2 Å². The van der Waals surface area contributed by atoms with Crippen LogP contribution in [0.3, 0.4) is 0 Å². The Morgan fingerprint density at radius 1 is 0.897 bits per heavy atom. The Kier molecular flexibility index (Phi) is 4.34. The molecule has 5 aromatic heterocycles. The van der Waals surface area contributed by atoms with Gasteiger partial charge >= 0.3 is 0 Å². The van der Waals surface area contributed by atoms with Crippen molar-refractivity contribution in [2.24, 2.45) is 4.99 Å². The summed E-state index contributed by atoms with van der Waals surface area (Å²) in [6.07, 6.45) is 10.2. The smallest absolute Gasteiger partial charge is 0.143 e. The summed E-state index contributed by atoms with van der Waals surface area (Å²) in [6, 6.07) is 5.82. The van der Waals surface area contributed by atoms with E-state index in [1.165, 1.54) is 12.7 Å². The number of H-pyrrole nitrogens is 2. The van der Waals surface area contributed by atoms with Crippen LogP contribution in [0.2, 0.25) is 5.15 Å². The summed E-state index contributed by atoms with van der Waals surface area (Å²) in [5.41, 5.74) is 4.56. The molecule has 6 heterocycles. The zero-order valence-corrected chi connectivity index (χ0v) is 15.7. The second-order valence-electron chi connectivity index (χ2n) is 6.22. The molecule has 0 spiro atoms. The summed E-state index contributed by atoms with van der Waals surface area (Å²) in [5.74, 6) is 0.767. The van der Waals surface area contributed by atoms with Crippen molar-refractivity contribution in [1.29, 1.82) is 0 Å². The molecule has 29 heavy (non-hydrogen) atoms. The van der Waals surface area contributed by atoms with Gasteiger partial charge in [-0.2, -0.15) is 0 Å². The summed E-state index contributed by atoms with van der Waals surface area (Å²) < 4.78 is 0. The van der Waals surface area contributed by atoms with E-state index >= 15 is 0 Å². The minimum atomic E-state index is 0.492. The fourth-order valence-electron chi connectivity index (χ4n) is 3.00. The Bertz CT molecular complexity index is 1340. The van der Waals surface area contributed by atoms with E-state index in [1.54, 1.807) is 12.4 Å². The van der Waals surface area contributed by atoms with Gasteiger partial charge in [0, 0.05) is 24.2 Å². The van der Waals surface area contributed by atoms with Crippen molar-refractivity contribution in [3.8, 4) is 0 Å². The third-order valence-electron chi connectivity index (χ3n) is 4.40. The summed E-state index contributed by atoms with van der Waals surface area (Å²) in [7, 11) is 0. The summed E-state index contributed by atoms with van der Waals surface area (Å²) in [4.78, 5) is 30.8. The van der Waals surface area contributed by atoms with Gasteiger partial charge in [-0.15, -0.1) is 0 Å². The molecule has 0 unspecified atom stereocenters. The van der Waals surface area contributed by atoms with E-state index in [4.69, 9.17) is 11.6 Å². The first-order chi connectivity index (χ1) is 14.3. The van der Waals surface area contributed by atoms with Crippen LogP contribution in [0.15, 0.2) is 54.4 Å². The van der Waals surface area contributed by atoms with Crippen molar-refractivity contribution in [3.05, 3.63) is 65.9 Å². The lowest BCUT2D eigenvalue weighted by atomic mass is 10.2. The number of anilines is 2. The molecule has 5 aromatic rings. The van der Waals surface area contributed by atoms with Crippen LogP contribution in [-0.2, 0) is 6.54 Å². The van der Waals surface area contributed by atoms with Crippen LogP contribution in [0.4, 0.5) is 11.5 Å². The highest BCUT2D eigenvalue weighted by Crippen LogP contribution is 2.23. The Balaban J connectivity index is 0.000000153. The zero-order chi connectivity index (χ0) is 19.6. The number of fused-ring (bicyclic) bond motifs is 3. The van der Waals surface area contributed by atoms with Gasteiger partial charge in [0.25, 0.3) is 0 Å². The fraction of sp³-hybridized carbons (Fsp3) is 0.0526. The van der Waals surface area contributed by atoms with Crippen LogP contribution in [0.5, 0.6) is 0 Å². The van der Waals surface area contributed by atoms with E-state index in [1.807, 2.05) is 30.6 Å². The Morgan fingerprint density at radius 3 is 2.48 bits per heavy atom. The molecule has 0 saturated carbocycles. The van der Waals surface area contributed by atoms with E-state index < -0.39 is 0 Å². The van der Waals surface area contributed by atoms with Gasteiger partial charge in [0.2, 0.25) is 0 Å². The highest BCUT2D eigenvalue weighted by molar-refractivity contribution is 6.33. The molecule has 3 N–H and O–H groups in total. The molecule has 6 rings (SSSR count). The lowest BCUT2D eigenvalue weighted by Gasteiger charge is -2.07. The largest absolute Gasteiger partial charge is 0.346 e. The first-order valence-corrected chi connectivity index (χ1v) is 9.13. The maximum Gasteiger partial charge on any atom is 0.143 e. The summed E-state index contributed by atoms with van der Waals surface area (Å²) in [6.45, 7) is 0.672. The average Bonchev–Trinajstić information content (AvgIpc) is 3.49. The lowest BCUT2D eigenvalue weighted by Crippen LogP contribution is -1.98. The second kappa shape index (κ2) is 7.28. The Labute approximate surface area is 169 Å². The van der Waals surface area contributed by atoms with Crippen molar-refractivity contribution in [1.82, 2.24) is 34.9 Å². The molecule has 0 atom stereocenters. The standard InChI is InChI=1S/C13H10N6.C6H4ClN3/c1-2-15-12-10(1)13(18-7-17-12)19-9-3-8-4-14-6-11(8)16-5-9;7-5-4-1-2-8-6(4)10-3-9-5/h1-5,7H,6H2,(H2,15,17,18,19);1-3H,(H,8,9,10). The zero-order valence-electron chi connectivity index (χ0n) is 15.0. The monoisotopic (exact) mass is 403 g/mol. The number of nitrogens with one attached hydrogen (secondary N) is 3. The maximum atomic E-state index is 5.73. The van der Waals surface area contributed by atoms with Gasteiger partial charge in [0.15, 0.2) is 0 Å². The number of pyridine rings is 1. The van der Waals surface area contributed by atoms with Gasteiger partial charge in [-0.1, -0.05) is 11.6 Å². The number of nitrogens with zero attached hydrogens (tertiary/aromatic N) is 6. The minimum Gasteiger partial charge on any atom is -0.346 e. The van der Waals surface area contributed by atoms with Gasteiger partial charge in [0.1, 0.15) is 34.9 Å². The third-order valence-corrected chi connectivity index (χ3v) is 4.70. The molecule has 0 aromatic carbocycles. The fourth-order valence-corrected chi connectivity index (χ4v) is 3.20. The molecule has 1 aliphatic rings. The van der Waals surface area contributed by atoms with Gasteiger partial charge < -0.3 is 15.3 Å². The SMILES string of the molecule is C1=NCc2ncc(Nc3ncnc4[nH]ccc34)cc21.Clc1ncnc2[nH]ccc12. The van der Waals surface area contributed by atoms with Crippen LogP contribution in [-0.4, -0.2) is 41.1 Å². The number of rotatable bonds is 2. The molecule has 9 nitrogen and oxygen atoms in total. The molecular formula is C19H14ClN9. The second-order valence-corrected chi connectivity index (χ2v) is 6.58. The van der Waals surface area contributed by atoms with Crippen LogP contribution < -0.4 is 5.32 Å². The first-order valence-electron chi connectivity index (χ1n) is 8.75. The van der Waals surface area contributed by atoms with Crippen LogP contribution >= 0.6 is 11.6 Å². The number of aromatic nitrogens is 7. The average molecular weight is 404 g/mol. The van der Waals surface area contributed by atoms with E-state index in [-0.39, 0.29) is 0 Å². The molecule has 0 radical (unpaired) electrons. The van der Waals surface area contributed by atoms with Crippen molar-refractivity contribution in [2.75, 3.05) is 5.32 Å². The molecule has 10 heteroatoms. The molecule has 0 fully saturated rings. The molecular weight excluding hydrogens is 390 g/mol. The van der Waals surface area contributed by atoms with Crippen molar-refractivity contribution in [2.45, 2.75) is 6.54 Å². The maximum absolute atomic E-state index is 5.73. The van der Waals surface area contributed by atoms with Crippen LogP contribution in [0, 0.1) is 0 Å².